The molecule has 1 heterocycles. The van der Waals surface area contributed by atoms with E-state index in [1.54, 1.807) is 12.4 Å². The van der Waals surface area contributed by atoms with Crippen LogP contribution in [0.3, 0.4) is 0 Å². The summed E-state index contributed by atoms with van der Waals surface area (Å²) < 4.78 is 26.1. The van der Waals surface area contributed by atoms with Gasteiger partial charge in [0.1, 0.15) is 5.82 Å². The molecule has 1 aromatic carbocycles. The van der Waals surface area contributed by atoms with Crippen LogP contribution in [0.1, 0.15) is 19.2 Å². The van der Waals surface area contributed by atoms with Crippen LogP contribution >= 0.6 is 0 Å². The molecule has 0 bridgehead atoms. The summed E-state index contributed by atoms with van der Waals surface area (Å²) in [5.41, 5.74) is 0.920. The van der Waals surface area contributed by atoms with Crippen molar-refractivity contribution in [1.82, 2.24) is 9.97 Å². The molecule has 3 nitrogen and oxygen atoms in total. The van der Waals surface area contributed by atoms with Crippen molar-refractivity contribution >= 4 is 5.69 Å². The fourth-order valence-corrected chi connectivity index (χ4v) is 1.83. The number of aromatic nitrogens is 2. The molecule has 19 heavy (non-hydrogen) atoms. The lowest BCUT2D eigenvalue weighted by Crippen LogP contribution is -2.28. The predicted octanol–water partition coefficient (Wildman–Crippen LogP) is 3.46. The minimum atomic E-state index is -2.66. The molecule has 0 aliphatic carbocycles. The standard InChI is InChI=1S/C14H17F2N3/c1-14(15,16)7-10-19(11-13-17-8-9-18-13)12-5-3-2-4-6-12/h2-6,8-9H,7,10-11H2,1H3,(H,17,18). The molecule has 0 unspecified atom stereocenters. The number of nitrogens with one attached hydrogen (secondary N) is 1. The normalized spacial score (nSPS) is 11.5. The van der Waals surface area contributed by atoms with Gasteiger partial charge in [0, 0.05) is 31.0 Å². The molecule has 0 spiro atoms. The molecule has 2 aromatic rings. The Balaban J connectivity index is 2.09. The zero-order valence-corrected chi connectivity index (χ0v) is 10.8. The predicted molar refractivity (Wildman–Crippen MR) is 71.3 cm³/mol. The van der Waals surface area contributed by atoms with Crippen LogP contribution in [0.15, 0.2) is 42.7 Å². The molecule has 2 rings (SSSR count). The monoisotopic (exact) mass is 265 g/mol. The van der Waals surface area contributed by atoms with E-state index in [1.807, 2.05) is 35.2 Å². The maximum absolute atomic E-state index is 13.0. The van der Waals surface area contributed by atoms with Gasteiger partial charge in [0.05, 0.1) is 6.54 Å². The summed E-state index contributed by atoms with van der Waals surface area (Å²) in [5, 5.41) is 0. The third kappa shape index (κ3) is 4.35. The SMILES string of the molecule is CC(F)(F)CCN(Cc1ncc[nH]1)c1ccccc1. The summed E-state index contributed by atoms with van der Waals surface area (Å²) >= 11 is 0. The second kappa shape index (κ2) is 5.82. The molecule has 5 heteroatoms. The number of para-hydroxylation sites is 1. The van der Waals surface area contributed by atoms with E-state index >= 15 is 0 Å². The molecule has 0 atom stereocenters. The lowest BCUT2D eigenvalue weighted by Gasteiger charge is -2.25. The summed E-state index contributed by atoms with van der Waals surface area (Å²) in [6, 6.07) is 9.53. The van der Waals surface area contributed by atoms with Gasteiger partial charge in [0.25, 0.3) is 0 Å². The largest absolute Gasteiger partial charge is 0.364 e. The Morgan fingerprint density at radius 2 is 2.00 bits per heavy atom. The van der Waals surface area contributed by atoms with Gasteiger partial charge in [-0.2, -0.15) is 0 Å². The summed E-state index contributed by atoms with van der Waals surface area (Å²) in [7, 11) is 0. The highest BCUT2D eigenvalue weighted by Gasteiger charge is 2.22. The first kappa shape index (κ1) is 13.5. The smallest absolute Gasteiger partial charge is 0.247 e. The molecule has 1 aromatic heterocycles. The Hall–Kier alpha value is -1.91. The van der Waals surface area contributed by atoms with Gasteiger partial charge in [0.2, 0.25) is 5.92 Å². The van der Waals surface area contributed by atoms with E-state index in [0.717, 1.165) is 18.4 Å². The minimum absolute atomic E-state index is 0.178. The van der Waals surface area contributed by atoms with Gasteiger partial charge in [-0.3, -0.25) is 0 Å². The van der Waals surface area contributed by atoms with E-state index in [0.29, 0.717) is 6.54 Å². The minimum Gasteiger partial charge on any atom is -0.364 e. The maximum Gasteiger partial charge on any atom is 0.247 e. The Labute approximate surface area is 111 Å². The topological polar surface area (TPSA) is 31.9 Å². The van der Waals surface area contributed by atoms with Crippen LogP contribution in [-0.4, -0.2) is 22.4 Å². The number of benzene rings is 1. The quantitative estimate of drug-likeness (QED) is 0.867. The number of alkyl halides is 2. The number of hydrogen-bond acceptors (Lipinski definition) is 2. The van der Waals surface area contributed by atoms with Crippen LogP contribution in [0, 0.1) is 0 Å². The third-order valence-electron chi connectivity index (χ3n) is 2.84. The van der Waals surface area contributed by atoms with Crippen LogP contribution in [-0.2, 0) is 6.54 Å². The molecule has 0 saturated heterocycles. The molecule has 1 N–H and O–H groups in total. The van der Waals surface area contributed by atoms with Crippen LogP contribution in [0.2, 0.25) is 0 Å². The van der Waals surface area contributed by atoms with Gasteiger partial charge in [-0.1, -0.05) is 18.2 Å². The molecular weight excluding hydrogens is 248 g/mol. The number of aromatic amines is 1. The van der Waals surface area contributed by atoms with Crippen molar-refractivity contribution in [2.45, 2.75) is 25.8 Å². The molecule has 0 saturated carbocycles. The van der Waals surface area contributed by atoms with E-state index in [2.05, 4.69) is 9.97 Å². The van der Waals surface area contributed by atoms with Gasteiger partial charge < -0.3 is 9.88 Å². The van der Waals surface area contributed by atoms with Crippen molar-refractivity contribution in [2.75, 3.05) is 11.4 Å². The molecule has 0 aliphatic heterocycles. The van der Waals surface area contributed by atoms with E-state index < -0.39 is 5.92 Å². The van der Waals surface area contributed by atoms with Gasteiger partial charge in [-0.15, -0.1) is 0 Å². The highest BCUT2D eigenvalue weighted by molar-refractivity contribution is 5.45. The Kier molecular flexibility index (Phi) is 4.14. The Bertz CT molecular complexity index is 477. The maximum atomic E-state index is 13.0. The fraction of sp³-hybridized carbons (Fsp3) is 0.357. The van der Waals surface area contributed by atoms with E-state index in [4.69, 9.17) is 0 Å². The van der Waals surface area contributed by atoms with Gasteiger partial charge >= 0.3 is 0 Å². The number of H-pyrrole nitrogens is 1. The summed E-state index contributed by atoms with van der Waals surface area (Å²) in [4.78, 5) is 9.03. The fourth-order valence-electron chi connectivity index (χ4n) is 1.83. The van der Waals surface area contributed by atoms with Crippen molar-refractivity contribution in [2.24, 2.45) is 0 Å². The van der Waals surface area contributed by atoms with E-state index in [9.17, 15) is 8.78 Å². The van der Waals surface area contributed by atoms with E-state index in [1.165, 1.54) is 0 Å². The van der Waals surface area contributed by atoms with Crippen LogP contribution < -0.4 is 4.90 Å². The van der Waals surface area contributed by atoms with Crippen molar-refractivity contribution in [3.63, 3.8) is 0 Å². The zero-order valence-electron chi connectivity index (χ0n) is 10.8. The summed E-state index contributed by atoms with van der Waals surface area (Å²) in [6.45, 7) is 1.73. The van der Waals surface area contributed by atoms with Crippen molar-refractivity contribution in [3.8, 4) is 0 Å². The van der Waals surface area contributed by atoms with Crippen molar-refractivity contribution in [1.29, 1.82) is 0 Å². The summed E-state index contributed by atoms with van der Waals surface area (Å²) in [6.07, 6.45) is 3.21. The van der Waals surface area contributed by atoms with Gasteiger partial charge in [0.15, 0.2) is 0 Å². The average molecular weight is 265 g/mol. The Morgan fingerprint density at radius 3 is 2.58 bits per heavy atom. The molecule has 102 valence electrons. The van der Waals surface area contributed by atoms with Crippen molar-refractivity contribution < 1.29 is 8.78 Å². The zero-order chi connectivity index (χ0) is 13.7. The first-order valence-corrected chi connectivity index (χ1v) is 6.21. The second-order valence-corrected chi connectivity index (χ2v) is 4.61. The first-order valence-electron chi connectivity index (χ1n) is 6.21. The van der Waals surface area contributed by atoms with Crippen LogP contribution in [0.4, 0.5) is 14.5 Å². The number of imidazole rings is 1. The molecule has 0 amide bonds. The number of hydrogen-bond donors (Lipinski definition) is 1. The average Bonchev–Trinajstić information content (AvgIpc) is 2.87. The van der Waals surface area contributed by atoms with E-state index in [-0.39, 0.29) is 13.0 Å². The lowest BCUT2D eigenvalue weighted by molar-refractivity contribution is 0.0150. The summed E-state index contributed by atoms with van der Waals surface area (Å²) in [5.74, 6) is -1.89. The van der Waals surface area contributed by atoms with Crippen LogP contribution in [0.25, 0.3) is 0 Å². The van der Waals surface area contributed by atoms with Crippen LogP contribution in [0.5, 0.6) is 0 Å². The highest BCUT2D eigenvalue weighted by atomic mass is 19.3. The highest BCUT2D eigenvalue weighted by Crippen LogP contribution is 2.21. The number of halogens is 2. The number of rotatable bonds is 6. The molecule has 0 radical (unpaired) electrons. The molecule has 0 fully saturated rings. The van der Waals surface area contributed by atoms with Gasteiger partial charge in [-0.25, -0.2) is 13.8 Å². The second-order valence-electron chi connectivity index (χ2n) is 4.61. The third-order valence-corrected chi connectivity index (χ3v) is 2.84. The van der Waals surface area contributed by atoms with Crippen molar-refractivity contribution in [3.05, 3.63) is 48.5 Å². The first-order chi connectivity index (χ1) is 9.04. The molecular formula is C14H17F2N3. The lowest BCUT2D eigenvalue weighted by atomic mass is 10.2. The number of anilines is 1. The number of nitrogens with zero attached hydrogens (tertiary/aromatic N) is 2. The molecule has 0 aliphatic rings. The Morgan fingerprint density at radius 1 is 1.26 bits per heavy atom. The van der Waals surface area contributed by atoms with Gasteiger partial charge in [-0.05, 0) is 19.1 Å².